The van der Waals surface area contributed by atoms with E-state index in [9.17, 15) is 9.59 Å². The van der Waals surface area contributed by atoms with Crippen LogP contribution in [-0.2, 0) is 11.3 Å². The highest BCUT2D eigenvalue weighted by atomic mass is 35.5. The van der Waals surface area contributed by atoms with Crippen LogP contribution in [-0.4, -0.2) is 33.2 Å². The highest BCUT2D eigenvalue weighted by molar-refractivity contribution is 6.30. The zero-order valence-corrected chi connectivity index (χ0v) is 18.1. The Morgan fingerprint density at radius 3 is 2.58 bits per heavy atom. The summed E-state index contributed by atoms with van der Waals surface area (Å²) in [6.07, 6.45) is 3.31. The average Bonchev–Trinajstić information content (AvgIpc) is 3.05. The van der Waals surface area contributed by atoms with Gasteiger partial charge in [0.25, 0.3) is 5.91 Å². The standard InChI is InChI=1S/C24H23ClN4O2/c1-15(17-7-9-18(25)10-8-17)14-29-22(20-5-3-4-6-21(20)24(29)31)23(30)28-13-19-12-26-16(2)11-27-19/h3-12,15,22H,13-14H2,1-2H3,(H,28,30). The van der Waals surface area contributed by atoms with Crippen molar-refractivity contribution in [1.82, 2.24) is 20.2 Å². The molecule has 0 radical (unpaired) electrons. The Morgan fingerprint density at radius 2 is 1.87 bits per heavy atom. The smallest absolute Gasteiger partial charge is 0.255 e. The minimum atomic E-state index is -0.683. The second kappa shape index (κ2) is 8.86. The highest BCUT2D eigenvalue weighted by Gasteiger charge is 2.41. The third kappa shape index (κ3) is 4.44. The zero-order valence-electron chi connectivity index (χ0n) is 17.4. The van der Waals surface area contributed by atoms with E-state index in [0.29, 0.717) is 22.8 Å². The molecule has 2 aromatic carbocycles. The molecule has 4 rings (SSSR count). The number of benzene rings is 2. The van der Waals surface area contributed by atoms with Crippen LogP contribution < -0.4 is 5.32 Å². The van der Waals surface area contributed by atoms with Gasteiger partial charge in [0.2, 0.25) is 5.91 Å². The average molecular weight is 435 g/mol. The van der Waals surface area contributed by atoms with Crippen LogP contribution in [0.1, 0.15) is 51.8 Å². The van der Waals surface area contributed by atoms with Crippen LogP contribution in [0.3, 0.4) is 0 Å². The summed E-state index contributed by atoms with van der Waals surface area (Å²) in [6.45, 7) is 4.56. The van der Waals surface area contributed by atoms with Crippen LogP contribution >= 0.6 is 11.6 Å². The maximum Gasteiger partial charge on any atom is 0.255 e. The molecule has 31 heavy (non-hydrogen) atoms. The van der Waals surface area contributed by atoms with Crippen LogP contribution in [0, 0.1) is 6.92 Å². The topological polar surface area (TPSA) is 75.2 Å². The lowest BCUT2D eigenvalue weighted by Crippen LogP contribution is -2.40. The molecular formula is C24H23ClN4O2. The second-order valence-corrected chi connectivity index (χ2v) is 8.20. The Bertz CT molecular complexity index is 1100. The van der Waals surface area contributed by atoms with Crippen molar-refractivity contribution in [3.63, 3.8) is 0 Å². The summed E-state index contributed by atoms with van der Waals surface area (Å²) in [6, 6.07) is 14.2. The SMILES string of the molecule is Cc1cnc(CNC(=O)C2c3ccccc3C(=O)N2CC(C)c2ccc(Cl)cc2)cn1. The lowest BCUT2D eigenvalue weighted by molar-refractivity contribution is -0.125. The molecule has 1 aliphatic rings. The number of aromatic nitrogens is 2. The van der Waals surface area contributed by atoms with Crippen molar-refractivity contribution >= 4 is 23.4 Å². The third-order valence-corrected chi connectivity index (χ3v) is 5.75. The van der Waals surface area contributed by atoms with Gasteiger partial charge in [0.15, 0.2) is 0 Å². The Hall–Kier alpha value is -3.25. The van der Waals surface area contributed by atoms with Crippen LogP contribution in [0.15, 0.2) is 60.9 Å². The molecule has 2 atom stereocenters. The largest absolute Gasteiger partial charge is 0.348 e. The quantitative estimate of drug-likeness (QED) is 0.635. The van der Waals surface area contributed by atoms with E-state index in [2.05, 4.69) is 15.3 Å². The zero-order chi connectivity index (χ0) is 22.0. The number of nitrogens with one attached hydrogen (secondary N) is 1. The lowest BCUT2D eigenvalue weighted by atomic mass is 9.99. The van der Waals surface area contributed by atoms with Crippen molar-refractivity contribution in [3.05, 3.63) is 94.0 Å². The molecule has 3 aromatic rings. The summed E-state index contributed by atoms with van der Waals surface area (Å²) in [4.78, 5) is 36.5. The molecule has 1 aromatic heterocycles. The summed E-state index contributed by atoms with van der Waals surface area (Å²) in [5.41, 5.74) is 3.83. The molecule has 0 bridgehead atoms. The molecule has 7 heteroatoms. The first-order valence-corrected chi connectivity index (χ1v) is 10.5. The predicted molar refractivity (Wildman–Crippen MR) is 119 cm³/mol. The molecule has 2 amide bonds. The van der Waals surface area contributed by atoms with Gasteiger partial charge in [0, 0.05) is 23.3 Å². The maximum atomic E-state index is 13.2. The second-order valence-electron chi connectivity index (χ2n) is 7.77. The van der Waals surface area contributed by atoms with Crippen molar-refractivity contribution < 1.29 is 9.59 Å². The number of hydrogen-bond acceptors (Lipinski definition) is 4. The molecule has 2 heterocycles. The summed E-state index contributed by atoms with van der Waals surface area (Å²) >= 11 is 6.00. The van der Waals surface area contributed by atoms with E-state index in [1.54, 1.807) is 23.4 Å². The van der Waals surface area contributed by atoms with Crippen molar-refractivity contribution in [2.45, 2.75) is 32.4 Å². The normalized spacial score (nSPS) is 16.2. The monoisotopic (exact) mass is 434 g/mol. The van der Waals surface area contributed by atoms with Gasteiger partial charge in [-0.25, -0.2) is 0 Å². The molecule has 0 aliphatic carbocycles. The number of aryl methyl sites for hydroxylation is 1. The van der Waals surface area contributed by atoms with Crippen molar-refractivity contribution in [3.8, 4) is 0 Å². The number of hydrogen-bond donors (Lipinski definition) is 1. The summed E-state index contributed by atoms with van der Waals surface area (Å²) in [5.74, 6) is -0.329. The van der Waals surface area contributed by atoms with Crippen molar-refractivity contribution in [1.29, 1.82) is 0 Å². The molecule has 2 unspecified atom stereocenters. The Labute approximate surface area is 186 Å². The van der Waals surface area contributed by atoms with Gasteiger partial charge in [-0.1, -0.05) is 48.9 Å². The summed E-state index contributed by atoms with van der Waals surface area (Å²) in [5, 5.41) is 3.58. The maximum absolute atomic E-state index is 13.2. The van der Waals surface area contributed by atoms with Gasteiger partial charge in [-0.15, -0.1) is 0 Å². The number of carbonyl (C=O) groups excluding carboxylic acids is 2. The molecule has 0 fully saturated rings. The Balaban J connectivity index is 1.55. The molecule has 0 saturated heterocycles. The van der Waals surface area contributed by atoms with Crippen LogP contribution in [0.2, 0.25) is 5.02 Å². The van der Waals surface area contributed by atoms with Gasteiger partial charge in [0.1, 0.15) is 6.04 Å². The summed E-state index contributed by atoms with van der Waals surface area (Å²) in [7, 11) is 0. The fraction of sp³-hybridized carbons (Fsp3) is 0.250. The lowest BCUT2D eigenvalue weighted by Gasteiger charge is -2.27. The van der Waals surface area contributed by atoms with Gasteiger partial charge < -0.3 is 10.2 Å². The third-order valence-electron chi connectivity index (χ3n) is 5.49. The van der Waals surface area contributed by atoms with E-state index in [0.717, 1.165) is 16.8 Å². The highest BCUT2D eigenvalue weighted by Crippen LogP contribution is 2.35. The molecular weight excluding hydrogens is 412 g/mol. The van der Waals surface area contributed by atoms with Crippen molar-refractivity contribution in [2.75, 3.05) is 6.54 Å². The number of nitrogens with zero attached hydrogens (tertiary/aromatic N) is 3. The summed E-state index contributed by atoms with van der Waals surface area (Å²) < 4.78 is 0. The van der Waals surface area contributed by atoms with Crippen LogP contribution in [0.5, 0.6) is 0 Å². The van der Waals surface area contributed by atoms with Gasteiger partial charge in [-0.2, -0.15) is 0 Å². The molecule has 158 valence electrons. The van der Waals surface area contributed by atoms with Crippen molar-refractivity contribution in [2.24, 2.45) is 0 Å². The fourth-order valence-corrected chi connectivity index (χ4v) is 3.94. The molecule has 0 saturated carbocycles. The molecule has 1 N–H and O–H groups in total. The Morgan fingerprint density at radius 1 is 1.13 bits per heavy atom. The molecule has 0 spiro atoms. The van der Waals surface area contributed by atoms with Crippen LogP contribution in [0.25, 0.3) is 0 Å². The minimum Gasteiger partial charge on any atom is -0.348 e. The van der Waals surface area contributed by atoms with Gasteiger partial charge in [-0.05, 0) is 42.2 Å². The van der Waals surface area contributed by atoms with E-state index in [4.69, 9.17) is 11.6 Å². The Kier molecular flexibility index (Phi) is 6.00. The van der Waals surface area contributed by atoms with E-state index < -0.39 is 6.04 Å². The number of rotatable bonds is 6. The van der Waals surface area contributed by atoms with E-state index in [1.807, 2.05) is 56.3 Å². The predicted octanol–water partition coefficient (Wildman–Crippen LogP) is 4.06. The fourth-order valence-electron chi connectivity index (χ4n) is 3.82. The number of fused-ring (bicyclic) bond motifs is 1. The van der Waals surface area contributed by atoms with E-state index >= 15 is 0 Å². The first-order chi connectivity index (χ1) is 14.9. The number of halogens is 1. The number of carbonyl (C=O) groups is 2. The first kappa shape index (κ1) is 21.0. The molecule has 6 nitrogen and oxygen atoms in total. The first-order valence-electron chi connectivity index (χ1n) is 10.1. The van der Waals surface area contributed by atoms with Crippen LogP contribution in [0.4, 0.5) is 0 Å². The van der Waals surface area contributed by atoms with E-state index in [-0.39, 0.29) is 24.3 Å². The van der Waals surface area contributed by atoms with Gasteiger partial charge in [0.05, 0.1) is 24.1 Å². The molecule has 1 aliphatic heterocycles. The number of amides is 2. The van der Waals surface area contributed by atoms with Gasteiger partial charge >= 0.3 is 0 Å². The van der Waals surface area contributed by atoms with E-state index in [1.165, 1.54) is 0 Å². The minimum absolute atomic E-state index is 0.0359. The van der Waals surface area contributed by atoms with Gasteiger partial charge in [-0.3, -0.25) is 19.6 Å².